The summed E-state index contributed by atoms with van der Waals surface area (Å²) < 4.78 is 0. The SMILES string of the molecule is Cc1ccsc1CNC(=O)CNC(c1ccccc1)C(C)C. The van der Waals surface area contributed by atoms with Crippen LogP contribution in [0.4, 0.5) is 0 Å². The minimum atomic E-state index is 0.0365. The van der Waals surface area contributed by atoms with Crippen LogP contribution in [0.1, 0.15) is 35.9 Å². The van der Waals surface area contributed by atoms with Gasteiger partial charge in [0.2, 0.25) is 5.91 Å². The van der Waals surface area contributed by atoms with Crippen molar-refractivity contribution in [3.05, 3.63) is 57.8 Å². The lowest BCUT2D eigenvalue weighted by molar-refractivity contribution is -0.120. The van der Waals surface area contributed by atoms with Crippen molar-refractivity contribution in [1.82, 2.24) is 10.6 Å². The highest BCUT2D eigenvalue weighted by molar-refractivity contribution is 7.10. The zero-order valence-electron chi connectivity index (χ0n) is 13.4. The largest absolute Gasteiger partial charge is 0.350 e. The monoisotopic (exact) mass is 316 g/mol. The predicted molar refractivity (Wildman–Crippen MR) is 92.9 cm³/mol. The zero-order chi connectivity index (χ0) is 15.9. The molecule has 1 heterocycles. The number of hydrogen-bond acceptors (Lipinski definition) is 3. The molecule has 0 bridgehead atoms. The lowest BCUT2D eigenvalue weighted by Crippen LogP contribution is -2.37. The predicted octanol–water partition coefficient (Wildman–Crippen LogP) is 3.66. The number of carbonyl (C=O) groups excluding carboxylic acids is 1. The van der Waals surface area contributed by atoms with Gasteiger partial charge >= 0.3 is 0 Å². The molecule has 1 amide bonds. The van der Waals surface area contributed by atoms with Gasteiger partial charge in [-0.3, -0.25) is 4.79 Å². The molecule has 0 saturated carbocycles. The van der Waals surface area contributed by atoms with Crippen LogP contribution in [0, 0.1) is 12.8 Å². The summed E-state index contributed by atoms with van der Waals surface area (Å²) in [5.41, 5.74) is 2.46. The molecule has 0 spiro atoms. The molecular formula is C18H24N2OS. The van der Waals surface area contributed by atoms with E-state index in [0.29, 0.717) is 19.0 Å². The van der Waals surface area contributed by atoms with E-state index in [0.717, 1.165) is 0 Å². The summed E-state index contributed by atoms with van der Waals surface area (Å²) >= 11 is 1.68. The fourth-order valence-corrected chi connectivity index (χ4v) is 3.27. The molecule has 1 unspecified atom stereocenters. The van der Waals surface area contributed by atoms with E-state index in [1.165, 1.54) is 16.0 Å². The van der Waals surface area contributed by atoms with Crippen molar-refractivity contribution >= 4 is 17.2 Å². The van der Waals surface area contributed by atoms with Crippen molar-refractivity contribution in [2.24, 2.45) is 5.92 Å². The Morgan fingerprint density at radius 3 is 2.50 bits per heavy atom. The first kappa shape index (κ1) is 16.7. The highest BCUT2D eigenvalue weighted by atomic mass is 32.1. The van der Waals surface area contributed by atoms with Crippen molar-refractivity contribution in [3.8, 4) is 0 Å². The van der Waals surface area contributed by atoms with E-state index in [1.54, 1.807) is 11.3 Å². The van der Waals surface area contributed by atoms with Gasteiger partial charge < -0.3 is 10.6 Å². The van der Waals surface area contributed by atoms with Crippen LogP contribution in [-0.4, -0.2) is 12.5 Å². The van der Waals surface area contributed by atoms with Crippen LogP contribution >= 0.6 is 11.3 Å². The molecule has 118 valence electrons. The molecule has 0 aliphatic rings. The van der Waals surface area contributed by atoms with Gasteiger partial charge in [-0.25, -0.2) is 0 Å². The second-order valence-corrected chi connectivity index (χ2v) is 6.82. The highest BCUT2D eigenvalue weighted by Gasteiger charge is 2.16. The molecule has 4 heteroatoms. The van der Waals surface area contributed by atoms with Gasteiger partial charge in [-0.15, -0.1) is 11.3 Å². The summed E-state index contributed by atoms with van der Waals surface area (Å²) in [5, 5.41) is 8.41. The average molecular weight is 316 g/mol. The molecule has 0 fully saturated rings. The third kappa shape index (κ3) is 4.68. The van der Waals surface area contributed by atoms with Gasteiger partial charge in [0.25, 0.3) is 0 Å². The van der Waals surface area contributed by atoms with E-state index in [2.05, 4.69) is 55.0 Å². The van der Waals surface area contributed by atoms with Crippen LogP contribution in [0.25, 0.3) is 0 Å². The standard InChI is InChI=1S/C18H24N2OS/c1-13(2)18(15-7-5-4-6-8-15)20-12-17(21)19-11-16-14(3)9-10-22-16/h4-10,13,18,20H,11-12H2,1-3H3,(H,19,21). The van der Waals surface area contributed by atoms with Crippen LogP contribution in [0.15, 0.2) is 41.8 Å². The molecule has 2 rings (SSSR count). The number of carbonyl (C=O) groups is 1. The van der Waals surface area contributed by atoms with E-state index in [1.807, 2.05) is 18.2 Å². The summed E-state index contributed by atoms with van der Waals surface area (Å²) in [5.74, 6) is 0.462. The van der Waals surface area contributed by atoms with E-state index < -0.39 is 0 Å². The fourth-order valence-electron chi connectivity index (χ4n) is 2.43. The van der Waals surface area contributed by atoms with Crippen molar-refractivity contribution in [2.45, 2.75) is 33.4 Å². The summed E-state index contributed by atoms with van der Waals surface area (Å²) in [6.45, 7) is 7.35. The number of thiophene rings is 1. The molecule has 0 saturated heterocycles. The van der Waals surface area contributed by atoms with E-state index in [-0.39, 0.29) is 11.9 Å². The molecule has 2 aromatic rings. The molecule has 2 N–H and O–H groups in total. The van der Waals surface area contributed by atoms with Crippen LogP contribution in [0.2, 0.25) is 0 Å². The minimum Gasteiger partial charge on any atom is -0.350 e. The highest BCUT2D eigenvalue weighted by Crippen LogP contribution is 2.20. The van der Waals surface area contributed by atoms with Crippen molar-refractivity contribution in [2.75, 3.05) is 6.54 Å². The maximum absolute atomic E-state index is 12.0. The number of benzene rings is 1. The smallest absolute Gasteiger partial charge is 0.234 e. The van der Waals surface area contributed by atoms with Crippen molar-refractivity contribution < 1.29 is 4.79 Å². The second kappa shape index (κ2) is 8.11. The molecule has 0 aliphatic heterocycles. The molecule has 1 atom stereocenters. The maximum Gasteiger partial charge on any atom is 0.234 e. The normalized spacial score (nSPS) is 12.4. The van der Waals surface area contributed by atoms with Gasteiger partial charge in [0, 0.05) is 10.9 Å². The Labute approximate surface area is 136 Å². The lowest BCUT2D eigenvalue weighted by atomic mass is 9.96. The lowest BCUT2D eigenvalue weighted by Gasteiger charge is -2.22. The zero-order valence-corrected chi connectivity index (χ0v) is 14.2. The number of rotatable bonds is 7. The average Bonchev–Trinajstić information content (AvgIpc) is 2.91. The summed E-state index contributed by atoms with van der Waals surface area (Å²) in [6, 6.07) is 12.6. The number of hydrogen-bond donors (Lipinski definition) is 2. The molecule has 1 aromatic carbocycles. The summed E-state index contributed by atoms with van der Waals surface area (Å²) in [4.78, 5) is 13.3. The Kier molecular flexibility index (Phi) is 6.16. The summed E-state index contributed by atoms with van der Waals surface area (Å²) in [7, 11) is 0. The Morgan fingerprint density at radius 2 is 1.91 bits per heavy atom. The number of nitrogens with one attached hydrogen (secondary N) is 2. The molecule has 3 nitrogen and oxygen atoms in total. The van der Waals surface area contributed by atoms with Gasteiger partial charge in [0.05, 0.1) is 13.1 Å². The molecule has 22 heavy (non-hydrogen) atoms. The molecule has 0 radical (unpaired) electrons. The Hall–Kier alpha value is -1.65. The van der Waals surface area contributed by atoms with E-state index in [9.17, 15) is 4.79 Å². The summed E-state index contributed by atoms with van der Waals surface area (Å²) in [6.07, 6.45) is 0. The maximum atomic E-state index is 12.0. The molecule has 0 aliphatic carbocycles. The van der Waals surface area contributed by atoms with Crippen LogP contribution in [-0.2, 0) is 11.3 Å². The van der Waals surface area contributed by atoms with Gasteiger partial charge in [0.15, 0.2) is 0 Å². The van der Waals surface area contributed by atoms with E-state index >= 15 is 0 Å². The first-order valence-corrected chi connectivity index (χ1v) is 8.54. The minimum absolute atomic E-state index is 0.0365. The first-order valence-electron chi connectivity index (χ1n) is 7.66. The topological polar surface area (TPSA) is 41.1 Å². The Morgan fingerprint density at radius 1 is 1.18 bits per heavy atom. The molecule has 1 aromatic heterocycles. The van der Waals surface area contributed by atoms with Gasteiger partial charge in [-0.1, -0.05) is 44.2 Å². The van der Waals surface area contributed by atoms with Crippen LogP contribution < -0.4 is 10.6 Å². The molecular weight excluding hydrogens is 292 g/mol. The third-order valence-corrected chi connectivity index (χ3v) is 4.75. The Bertz CT molecular complexity index is 592. The number of amides is 1. The van der Waals surface area contributed by atoms with Crippen molar-refractivity contribution in [1.29, 1.82) is 0 Å². The second-order valence-electron chi connectivity index (χ2n) is 5.82. The third-order valence-electron chi connectivity index (χ3n) is 3.72. The fraction of sp³-hybridized carbons (Fsp3) is 0.389. The van der Waals surface area contributed by atoms with Crippen LogP contribution in [0.3, 0.4) is 0 Å². The Balaban J connectivity index is 1.84. The van der Waals surface area contributed by atoms with E-state index in [4.69, 9.17) is 0 Å². The van der Waals surface area contributed by atoms with Gasteiger partial charge in [-0.2, -0.15) is 0 Å². The first-order chi connectivity index (χ1) is 10.6. The van der Waals surface area contributed by atoms with Crippen LogP contribution in [0.5, 0.6) is 0 Å². The quantitative estimate of drug-likeness (QED) is 0.818. The van der Waals surface area contributed by atoms with Gasteiger partial charge in [0.1, 0.15) is 0 Å². The van der Waals surface area contributed by atoms with Gasteiger partial charge in [-0.05, 0) is 35.4 Å². The van der Waals surface area contributed by atoms with Crippen molar-refractivity contribution in [3.63, 3.8) is 0 Å². The number of aryl methyl sites for hydroxylation is 1.